The van der Waals surface area contributed by atoms with Crippen molar-refractivity contribution in [1.29, 1.82) is 0 Å². The fraction of sp³-hybridized carbons (Fsp3) is 0.429. The van der Waals surface area contributed by atoms with Gasteiger partial charge in [0.2, 0.25) is 5.91 Å². The van der Waals surface area contributed by atoms with E-state index in [2.05, 4.69) is 14.9 Å². The van der Waals surface area contributed by atoms with Gasteiger partial charge < -0.3 is 15.0 Å². The fourth-order valence-electron chi connectivity index (χ4n) is 2.07. The molecular weight excluding hydrogens is 242 g/mol. The third-order valence-corrected chi connectivity index (χ3v) is 3.08. The van der Waals surface area contributed by atoms with E-state index < -0.39 is 6.10 Å². The zero-order valence-corrected chi connectivity index (χ0v) is 11.3. The van der Waals surface area contributed by atoms with Crippen LogP contribution in [0.2, 0.25) is 0 Å². The van der Waals surface area contributed by atoms with Crippen LogP contribution in [0.15, 0.2) is 24.3 Å². The number of amides is 1. The van der Waals surface area contributed by atoms with Crippen LogP contribution in [0.25, 0.3) is 11.0 Å². The lowest BCUT2D eigenvalue weighted by atomic mass is 10.3. The maximum absolute atomic E-state index is 11.2. The van der Waals surface area contributed by atoms with Gasteiger partial charge >= 0.3 is 0 Å². The summed E-state index contributed by atoms with van der Waals surface area (Å²) in [5.74, 6) is 0.648. The number of hydrogen-bond donors (Lipinski definition) is 2. The SMILES string of the molecule is Cc1nc2ccccc2n1CCCNC(=O)C(C)O. The van der Waals surface area contributed by atoms with Crippen LogP contribution >= 0.6 is 0 Å². The van der Waals surface area contributed by atoms with E-state index in [9.17, 15) is 4.79 Å². The first-order chi connectivity index (χ1) is 9.09. The average Bonchev–Trinajstić information content (AvgIpc) is 2.70. The fourth-order valence-corrected chi connectivity index (χ4v) is 2.07. The Bertz CT molecular complexity index is 575. The highest BCUT2D eigenvalue weighted by atomic mass is 16.3. The van der Waals surface area contributed by atoms with Gasteiger partial charge in [0.1, 0.15) is 11.9 Å². The van der Waals surface area contributed by atoms with Crippen molar-refractivity contribution >= 4 is 16.9 Å². The monoisotopic (exact) mass is 261 g/mol. The number of imidazole rings is 1. The number of rotatable bonds is 5. The largest absolute Gasteiger partial charge is 0.384 e. The second-order valence-electron chi connectivity index (χ2n) is 4.62. The molecule has 2 N–H and O–H groups in total. The minimum Gasteiger partial charge on any atom is -0.384 e. The number of fused-ring (bicyclic) bond motifs is 1. The Morgan fingerprint density at radius 3 is 2.95 bits per heavy atom. The van der Waals surface area contributed by atoms with Crippen LogP contribution in [-0.4, -0.2) is 33.2 Å². The summed E-state index contributed by atoms with van der Waals surface area (Å²) in [6, 6.07) is 8.01. The lowest BCUT2D eigenvalue weighted by molar-refractivity contribution is -0.128. The maximum atomic E-state index is 11.2. The van der Waals surface area contributed by atoms with Crippen molar-refractivity contribution < 1.29 is 9.90 Å². The summed E-state index contributed by atoms with van der Waals surface area (Å²) in [6.45, 7) is 4.79. The third kappa shape index (κ3) is 3.12. The van der Waals surface area contributed by atoms with Gasteiger partial charge in [-0.05, 0) is 32.4 Å². The van der Waals surface area contributed by atoms with E-state index in [1.54, 1.807) is 0 Å². The van der Waals surface area contributed by atoms with E-state index in [0.29, 0.717) is 6.54 Å². The Morgan fingerprint density at radius 1 is 1.47 bits per heavy atom. The zero-order chi connectivity index (χ0) is 13.8. The molecule has 1 aromatic carbocycles. The molecule has 0 bridgehead atoms. The van der Waals surface area contributed by atoms with Gasteiger partial charge in [-0.15, -0.1) is 0 Å². The Morgan fingerprint density at radius 2 is 2.21 bits per heavy atom. The first kappa shape index (κ1) is 13.5. The Balaban J connectivity index is 1.95. The van der Waals surface area contributed by atoms with Gasteiger partial charge in [-0.2, -0.15) is 0 Å². The molecule has 19 heavy (non-hydrogen) atoms. The predicted octanol–water partition coefficient (Wildman–Crippen LogP) is 1.23. The normalized spacial score (nSPS) is 12.6. The van der Waals surface area contributed by atoms with Crippen molar-refractivity contribution in [2.45, 2.75) is 32.9 Å². The molecule has 0 fully saturated rings. The van der Waals surface area contributed by atoms with Crippen LogP contribution < -0.4 is 5.32 Å². The summed E-state index contributed by atoms with van der Waals surface area (Å²) in [6.07, 6.45) is -0.143. The molecule has 1 atom stereocenters. The highest BCUT2D eigenvalue weighted by Crippen LogP contribution is 2.15. The molecule has 0 radical (unpaired) electrons. The van der Waals surface area contributed by atoms with Gasteiger partial charge in [-0.25, -0.2) is 4.98 Å². The van der Waals surface area contributed by atoms with Crippen LogP contribution in [0.3, 0.4) is 0 Å². The average molecular weight is 261 g/mol. The van der Waals surface area contributed by atoms with E-state index in [0.717, 1.165) is 29.8 Å². The second-order valence-corrected chi connectivity index (χ2v) is 4.62. The van der Waals surface area contributed by atoms with Gasteiger partial charge in [0.05, 0.1) is 11.0 Å². The highest BCUT2D eigenvalue weighted by molar-refractivity contribution is 5.79. The minimum absolute atomic E-state index is 0.327. The summed E-state index contributed by atoms with van der Waals surface area (Å²) < 4.78 is 2.14. The molecule has 0 saturated carbocycles. The third-order valence-electron chi connectivity index (χ3n) is 3.08. The van der Waals surface area contributed by atoms with Crippen LogP contribution in [0, 0.1) is 6.92 Å². The Hall–Kier alpha value is -1.88. The summed E-state index contributed by atoms with van der Waals surface area (Å²) in [5.41, 5.74) is 2.11. The minimum atomic E-state index is -0.948. The highest BCUT2D eigenvalue weighted by Gasteiger charge is 2.08. The van der Waals surface area contributed by atoms with E-state index in [-0.39, 0.29) is 5.91 Å². The number of nitrogens with one attached hydrogen (secondary N) is 1. The van der Waals surface area contributed by atoms with Gasteiger partial charge in [-0.3, -0.25) is 4.79 Å². The van der Waals surface area contributed by atoms with Crippen LogP contribution in [0.4, 0.5) is 0 Å². The van der Waals surface area contributed by atoms with E-state index >= 15 is 0 Å². The van der Waals surface area contributed by atoms with Gasteiger partial charge in [0.25, 0.3) is 0 Å². The molecule has 1 amide bonds. The van der Waals surface area contributed by atoms with Crippen LogP contribution in [0.1, 0.15) is 19.2 Å². The number of nitrogens with zero attached hydrogens (tertiary/aromatic N) is 2. The molecule has 2 rings (SSSR count). The van der Waals surface area contributed by atoms with Crippen molar-refractivity contribution in [3.05, 3.63) is 30.1 Å². The predicted molar refractivity (Wildman–Crippen MR) is 73.8 cm³/mol. The standard InChI is InChI=1S/C14H19N3O2/c1-10(18)14(19)15-8-5-9-17-11(2)16-12-6-3-4-7-13(12)17/h3-4,6-7,10,18H,5,8-9H2,1-2H3,(H,15,19). The number of aliphatic hydroxyl groups excluding tert-OH is 1. The molecule has 1 unspecified atom stereocenters. The first-order valence-corrected chi connectivity index (χ1v) is 6.47. The number of carbonyl (C=O) groups excluding carboxylic acids is 1. The molecule has 2 aromatic rings. The van der Waals surface area contributed by atoms with Crippen molar-refractivity contribution in [1.82, 2.24) is 14.9 Å². The van der Waals surface area contributed by atoms with E-state index in [1.807, 2.05) is 31.2 Å². The summed E-state index contributed by atoms with van der Waals surface area (Å²) >= 11 is 0. The molecule has 0 saturated heterocycles. The molecule has 102 valence electrons. The van der Waals surface area contributed by atoms with Crippen molar-refractivity contribution in [3.63, 3.8) is 0 Å². The maximum Gasteiger partial charge on any atom is 0.248 e. The summed E-state index contributed by atoms with van der Waals surface area (Å²) in [7, 11) is 0. The van der Waals surface area contributed by atoms with Crippen LogP contribution in [-0.2, 0) is 11.3 Å². The van der Waals surface area contributed by atoms with Crippen LogP contribution in [0.5, 0.6) is 0 Å². The number of hydrogen-bond acceptors (Lipinski definition) is 3. The van der Waals surface area contributed by atoms with E-state index in [1.165, 1.54) is 6.92 Å². The topological polar surface area (TPSA) is 67.2 Å². The summed E-state index contributed by atoms with van der Waals surface area (Å²) in [5, 5.41) is 11.8. The Kier molecular flexibility index (Phi) is 4.16. The molecular formula is C14H19N3O2. The van der Waals surface area contributed by atoms with Gasteiger partial charge in [-0.1, -0.05) is 12.1 Å². The number of aryl methyl sites for hydroxylation is 2. The summed E-state index contributed by atoms with van der Waals surface area (Å²) in [4.78, 5) is 15.7. The molecule has 0 aliphatic heterocycles. The second kappa shape index (κ2) is 5.84. The quantitative estimate of drug-likeness (QED) is 0.796. The smallest absolute Gasteiger partial charge is 0.248 e. The first-order valence-electron chi connectivity index (χ1n) is 6.47. The van der Waals surface area contributed by atoms with Gasteiger partial charge in [0, 0.05) is 13.1 Å². The lowest BCUT2D eigenvalue weighted by Crippen LogP contribution is -2.33. The molecule has 0 spiro atoms. The molecule has 1 heterocycles. The van der Waals surface area contributed by atoms with Gasteiger partial charge in [0.15, 0.2) is 0 Å². The van der Waals surface area contributed by atoms with Crippen molar-refractivity contribution in [2.24, 2.45) is 0 Å². The lowest BCUT2D eigenvalue weighted by Gasteiger charge is -2.09. The molecule has 5 nitrogen and oxygen atoms in total. The molecule has 0 aliphatic rings. The van der Waals surface area contributed by atoms with E-state index in [4.69, 9.17) is 5.11 Å². The number of benzene rings is 1. The zero-order valence-electron chi connectivity index (χ0n) is 11.3. The molecule has 1 aromatic heterocycles. The Labute approximate surface area is 112 Å². The molecule has 5 heteroatoms. The number of aliphatic hydroxyl groups is 1. The van der Waals surface area contributed by atoms with Crippen molar-refractivity contribution in [3.8, 4) is 0 Å². The number of para-hydroxylation sites is 2. The number of carbonyl (C=O) groups is 1. The van der Waals surface area contributed by atoms with Crippen molar-refractivity contribution in [2.75, 3.05) is 6.54 Å². The number of aromatic nitrogens is 2. The molecule has 0 aliphatic carbocycles.